The van der Waals surface area contributed by atoms with Crippen molar-refractivity contribution >= 4 is 267 Å². The molecule has 2 fully saturated rings. The smallest absolute Gasteiger partial charge is 0.265 e. The lowest BCUT2D eigenvalue weighted by Gasteiger charge is -2.26. The van der Waals surface area contributed by atoms with E-state index in [1.807, 2.05) is 62.6 Å². The minimum Gasteiger partial charge on any atom is -0.385 e. The average molecular weight is 2310 g/mol. The fraction of sp³-hybridized carbons (Fsp3) is 0.255. The number of likely N-dealkylation sites (tertiary alicyclic amines) is 1. The van der Waals surface area contributed by atoms with Gasteiger partial charge in [0, 0.05) is 87.7 Å². The van der Waals surface area contributed by atoms with E-state index in [4.69, 9.17) is 92.8 Å². The van der Waals surface area contributed by atoms with Gasteiger partial charge < -0.3 is 31.1 Å². The van der Waals surface area contributed by atoms with E-state index in [2.05, 4.69) is 57.9 Å². The van der Waals surface area contributed by atoms with Crippen LogP contribution in [0.3, 0.4) is 0 Å². The quantitative estimate of drug-likeness (QED) is 0.0279. The van der Waals surface area contributed by atoms with Crippen LogP contribution in [0.1, 0.15) is 67.7 Å². The van der Waals surface area contributed by atoms with Gasteiger partial charge in [-0.05, 0) is 257 Å². The zero-order valence-corrected chi connectivity index (χ0v) is 91.8. The van der Waals surface area contributed by atoms with Crippen molar-refractivity contribution in [3.8, 4) is 22.7 Å². The number of carbonyl (C=O) groups excluding carboxylic acids is 4. The van der Waals surface area contributed by atoms with E-state index in [1.165, 1.54) is 124 Å². The first-order valence-electron chi connectivity index (χ1n) is 46.1. The van der Waals surface area contributed by atoms with Gasteiger partial charge in [0.2, 0.25) is 0 Å². The highest BCUT2D eigenvalue weighted by molar-refractivity contribution is 7.95. The molecule has 18 rings (SSSR count). The van der Waals surface area contributed by atoms with Crippen LogP contribution in [0.5, 0.6) is 0 Å². The summed E-state index contributed by atoms with van der Waals surface area (Å²) in [7, 11) is -11.1. The third-order valence-electron chi connectivity index (χ3n) is 23.5. The Morgan fingerprint density at radius 3 is 0.885 bits per heavy atom. The summed E-state index contributed by atoms with van der Waals surface area (Å²) in [5.41, 5.74) is 8.62. The summed E-state index contributed by atoms with van der Waals surface area (Å²) in [5.74, 6) is -3.71. The Morgan fingerprint density at radius 1 is 0.351 bits per heavy atom. The molecule has 30 nitrogen and oxygen atoms in total. The Kier molecular flexibility index (Phi) is 37.1. The van der Waals surface area contributed by atoms with E-state index in [1.54, 1.807) is 97.1 Å². The van der Waals surface area contributed by atoms with E-state index < -0.39 is 85.5 Å². The summed E-state index contributed by atoms with van der Waals surface area (Å²) in [6, 6.07) is 52.5. The molecular weight excluding hydrogens is 2220 g/mol. The first-order chi connectivity index (χ1) is 70.6. The van der Waals surface area contributed by atoms with E-state index in [9.17, 15) is 72.0 Å². The number of Topliss-reactive ketones (excluding diaryl/α,β-unsaturated/α-hetero) is 4. The number of rotatable bonds is 38. The molecule has 9 heterocycles. The molecule has 8 aromatic heterocycles. The Balaban J connectivity index is 0.000000148. The molecular formula is C102H94Cl8N14O16S8. The molecule has 1 aliphatic heterocycles. The molecule has 0 radical (unpaired) electrons. The van der Waals surface area contributed by atoms with Gasteiger partial charge in [-0.3, -0.25) is 56.6 Å². The highest BCUT2D eigenvalue weighted by Gasteiger charge is 2.29. The monoisotopic (exact) mass is 2310 g/mol. The Hall–Kier alpha value is -11.0. The van der Waals surface area contributed by atoms with Crippen LogP contribution in [-0.4, -0.2) is 194 Å². The minimum absolute atomic E-state index is 0.0545. The fourth-order valence-corrected chi connectivity index (χ4v) is 28.4. The number of carbonyl (C=O) groups is 4. The van der Waals surface area contributed by atoms with E-state index >= 15 is 0 Å². The van der Waals surface area contributed by atoms with Crippen molar-refractivity contribution in [3.05, 3.63) is 321 Å². The van der Waals surface area contributed by atoms with Gasteiger partial charge in [-0.15, -0.1) is 45.3 Å². The van der Waals surface area contributed by atoms with Crippen molar-refractivity contribution in [1.29, 1.82) is 0 Å². The first-order valence-corrected chi connectivity index (χ1v) is 59.0. The number of nitrogens with one attached hydrogen (secondary N) is 4. The molecule has 1 aliphatic carbocycles. The van der Waals surface area contributed by atoms with Gasteiger partial charge in [0.25, 0.3) is 22.2 Å². The molecule has 0 spiro atoms. The van der Waals surface area contributed by atoms with Gasteiger partial charge in [0.1, 0.15) is 65.2 Å². The number of sulfone groups is 4. The second-order valence-electron chi connectivity index (χ2n) is 35.2. The second kappa shape index (κ2) is 49.4. The lowest BCUT2D eigenvalue weighted by Crippen LogP contribution is -2.33. The number of thiophene rings is 4. The summed E-state index contributed by atoms with van der Waals surface area (Å²) in [5, 5.41) is 16.2. The molecule has 8 aromatic carbocycles. The molecule has 4 N–H and O–H groups in total. The van der Waals surface area contributed by atoms with Crippen molar-refractivity contribution in [2.75, 3.05) is 111 Å². The summed E-state index contributed by atoms with van der Waals surface area (Å²) < 4.78 is 107. The van der Waals surface area contributed by atoms with Crippen molar-refractivity contribution in [2.24, 2.45) is 5.92 Å². The maximum absolute atomic E-state index is 13.3. The van der Waals surface area contributed by atoms with Gasteiger partial charge in [0.15, 0.2) is 62.5 Å². The topological polar surface area (TPSA) is 399 Å². The summed E-state index contributed by atoms with van der Waals surface area (Å²) in [6.45, 7) is 9.53. The van der Waals surface area contributed by atoms with Gasteiger partial charge in [-0.2, -0.15) is 0 Å². The second-order valence-corrected chi connectivity index (χ2v) is 52.5. The number of benzene rings is 8. The number of anilines is 4. The molecule has 148 heavy (non-hydrogen) atoms. The van der Waals surface area contributed by atoms with Crippen molar-refractivity contribution in [2.45, 2.75) is 88.0 Å². The largest absolute Gasteiger partial charge is 0.385 e. The zero-order chi connectivity index (χ0) is 106. The summed E-state index contributed by atoms with van der Waals surface area (Å²) in [4.78, 5) is 125. The van der Waals surface area contributed by atoms with Gasteiger partial charge in [-0.1, -0.05) is 130 Å². The van der Waals surface area contributed by atoms with E-state index in [-0.39, 0.29) is 84.8 Å². The van der Waals surface area contributed by atoms with Crippen LogP contribution >= 0.6 is 138 Å². The van der Waals surface area contributed by atoms with Gasteiger partial charge >= 0.3 is 0 Å². The maximum atomic E-state index is 13.3. The molecule has 0 atom stereocenters. The minimum atomic E-state index is -3.77. The third-order valence-corrected chi connectivity index (χ3v) is 38.7. The Morgan fingerprint density at radius 2 is 0.628 bits per heavy atom. The maximum Gasteiger partial charge on any atom is 0.265 e. The van der Waals surface area contributed by atoms with Crippen LogP contribution in [0.2, 0.25) is 37.4 Å². The number of ketones is 4. The predicted molar refractivity (Wildman–Crippen MR) is 596 cm³/mol. The van der Waals surface area contributed by atoms with Crippen molar-refractivity contribution in [3.63, 3.8) is 0 Å². The highest BCUT2D eigenvalue weighted by atomic mass is 35.5. The number of likely N-dealkylation sites (N-methyl/N-ethyl adjacent to an activating group) is 1. The molecule has 0 unspecified atom stereocenters. The number of hydrogen-bond acceptors (Lipinski definition) is 30. The number of fused-ring (bicyclic) bond motifs is 4. The summed E-state index contributed by atoms with van der Waals surface area (Å²) in [6.07, 6.45) is 12.5. The number of halogens is 8. The molecule has 16 aromatic rings. The SMILES string of the molecule is CCCNc1ccc2c(=O)n(-c3ccc(CC(=O)CS(=O)(=O)c4ccc(Cl)s4)cc3Cl)cnc2c1.CN(C)CCNc1ccc2c(=O)n(-c3ccc(CC(=O)CS(=O)(=O)c4ccc(Cl)s4)cc3Cl)cnc2c1.O=C(Cc1ccc(-n2cnc3cc(NCC4CC4)ccc3c2=O)c(Cl)c1)CS(=O)(=O)c1ccc(Cl)s1.O=C(Cc1ccc(-n2cnc3cc(NCCN4CCCCC4)ccc3c2=O)c(Cl)c1)CS(=O)(=O)c1ccc(Cl)s1. The normalized spacial score (nSPS) is 12.9. The lowest BCUT2D eigenvalue weighted by atomic mass is 10.1. The molecule has 2 aliphatic rings. The van der Waals surface area contributed by atoms with E-state index in [0.29, 0.717) is 106 Å². The molecule has 1 saturated carbocycles. The van der Waals surface area contributed by atoms with Crippen LogP contribution in [-0.2, 0) is 84.2 Å². The molecule has 0 amide bonds. The van der Waals surface area contributed by atoms with Crippen LogP contribution in [0.25, 0.3) is 66.4 Å². The molecule has 772 valence electrons. The Labute approximate surface area is 907 Å². The first kappa shape index (κ1) is 111. The zero-order valence-electron chi connectivity index (χ0n) is 79.2. The van der Waals surface area contributed by atoms with Crippen LogP contribution in [0, 0.1) is 5.92 Å². The fourth-order valence-electron chi connectivity index (χ4n) is 16.0. The predicted octanol–water partition coefficient (Wildman–Crippen LogP) is 19.9. The number of nitrogens with zero attached hydrogens (tertiary/aromatic N) is 10. The van der Waals surface area contributed by atoms with Gasteiger partial charge in [-0.25, -0.2) is 53.6 Å². The van der Waals surface area contributed by atoms with Gasteiger partial charge in [0.05, 0.1) is 104 Å². The number of piperidine rings is 1. The third kappa shape index (κ3) is 29.0. The van der Waals surface area contributed by atoms with Crippen molar-refractivity contribution in [1.82, 2.24) is 48.0 Å². The summed E-state index contributed by atoms with van der Waals surface area (Å²) >= 11 is 52.8. The lowest BCUT2D eigenvalue weighted by molar-refractivity contribution is -0.116. The Bertz CT molecular complexity index is 8520. The molecule has 46 heteroatoms. The standard InChI is InChI=1S/C28H28Cl2N4O4S2.C25H24Cl2N4O4S2.C25H21Cl2N3O4S2.C24H21Cl2N3O4S2/c29-23-15-19(14-21(35)17-40(37,38)27-9-8-26(30)39-27)4-7-25(23)34-18-32-24-16-20(5-6-22(24)28(34)36)31-10-13-33-11-2-1-3-12-33;1-30(2)10-9-28-17-4-5-19-21(13-17)29-15-31(25(19)33)22-6-3-16(12-20(22)26)11-18(32)14-37(34,35)24-8-7-23(27)36-24;26-20-10-16(9-18(31)13-36(33,34)24-8-7-23(27)35-24)3-6-22(20)30-14-29-21-11-17(28-12-15-1-2-15)4-5-19(21)25(30)32;1-2-9-27-16-4-5-18-20(12-16)28-14-29(24(18)31)21-6-3-15(11-19(21)25)10-17(30)13-35(32,33)23-8-7-22(26)34-23/h4-9,15-16,18,31H,1-3,10-14,17H2;3-8,12-13,15,28H,9-11,14H2,1-2H3;3-8,10-11,14-15,28H,1-2,9,12-13H2;3-8,11-12,14,27H,2,9-10,13H2,1H3. The van der Waals surface area contributed by atoms with Crippen molar-refractivity contribution < 1.29 is 52.8 Å². The molecule has 0 bridgehead atoms. The van der Waals surface area contributed by atoms with E-state index in [0.717, 1.165) is 133 Å². The number of aromatic nitrogens is 8. The highest BCUT2D eigenvalue weighted by Crippen LogP contribution is 2.36. The molecule has 1 saturated heterocycles. The average Bonchev–Trinajstić information content (AvgIpc) is 1.17. The van der Waals surface area contributed by atoms with Crippen LogP contribution in [0.15, 0.2) is 255 Å². The van der Waals surface area contributed by atoms with Crippen LogP contribution in [0.4, 0.5) is 22.7 Å². The van der Waals surface area contributed by atoms with Crippen LogP contribution < -0.4 is 43.5 Å². The number of hydrogen-bond donors (Lipinski definition) is 4.